The molecule has 0 aliphatic rings. The summed E-state index contributed by atoms with van der Waals surface area (Å²) in [4.78, 5) is 5.29. The molecule has 0 unspecified atom stereocenters. The van der Waals surface area contributed by atoms with Crippen LogP contribution in [0.25, 0.3) is 4.96 Å². The van der Waals surface area contributed by atoms with Crippen molar-refractivity contribution < 1.29 is 0 Å². The molecule has 0 aromatic carbocycles. The number of nitrogens with zero attached hydrogens (tertiary/aromatic N) is 3. The summed E-state index contributed by atoms with van der Waals surface area (Å²) in [6.07, 6.45) is 2.95. The summed E-state index contributed by atoms with van der Waals surface area (Å²) in [5, 5.41) is 4.06. The fraction of sp³-hybridized carbons (Fsp3) is 0.333. The second-order valence-corrected chi connectivity index (χ2v) is 2.86. The zero-order valence-corrected chi connectivity index (χ0v) is 6.43. The van der Waals surface area contributed by atoms with Gasteiger partial charge in [-0.25, -0.2) is 9.50 Å². The summed E-state index contributed by atoms with van der Waals surface area (Å²) in [6.45, 7) is 2.09. The summed E-state index contributed by atoms with van der Waals surface area (Å²) in [5.74, 6) is 0. The van der Waals surface area contributed by atoms with E-state index >= 15 is 0 Å². The second kappa shape index (κ2) is 2.05. The van der Waals surface area contributed by atoms with Gasteiger partial charge < -0.3 is 0 Å². The van der Waals surface area contributed by atoms with Crippen molar-refractivity contribution in [2.75, 3.05) is 0 Å². The van der Waals surface area contributed by atoms with E-state index in [1.54, 1.807) is 16.8 Å². The third-order valence-corrected chi connectivity index (χ3v) is 2.09. The molecule has 2 aromatic rings. The monoisotopic (exact) mass is 153 g/mol. The summed E-state index contributed by atoms with van der Waals surface area (Å²) in [5.41, 5.74) is 2.90. The quantitative estimate of drug-likeness (QED) is 0.619. The normalized spacial score (nSPS) is 10.9. The van der Waals surface area contributed by atoms with E-state index < -0.39 is 0 Å². The van der Waals surface area contributed by atoms with E-state index in [4.69, 9.17) is 0 Å². The predicted molar refractivity (Wildman–Crippen MR) is 40.2 cm³/mol. The van der Waals surface area contributed by atoms with Gasteiger partial charge in [0.15, 0.2) is 0 Å². The predicted octanol–water partition coefficient (Wildman–Crippen LogP) is 1.35. The Hall–Kier alpha value is -0.900. The lowest BCUT2D eigenvalue weighted by atomic mass is 10.4. The molecule has 0 saturated heterocycles. The molecule has 2 aromatic heterocycles. The van der Waals surface area contributed by atoms with Crippen LogP contribution in [0, 0.1) is 0 Å². The van der Waals surface area contributed by atoms with E-state index in [9.17, 15) is 0 Å². The van der Waals surface area contributed by atoms with E-state index in [1.807, 2.05) is 10.7 Å². The smallest absolute Gasteiger partial charge is 0.212 e. The van der Waals surface area contributed by atoms with Gasteiger partial charge in [-0.05, 0) is 6.42 Å². The molecule has 10 heavy (non-hydrogen) atoms. The Morgan fingerprint density at radius 3 is 3.30 bits per heavy atom. The lowest BCUT2D eigenvalue weighted by Gasteiger charge is -1.78. The summed E-state index contributed by atoms with van der Waals surface area (Å²) in [6, 6.07) is 0. The molecule has 0 saturated carbocycles. The second-order valence-electron chi connectivity index (χ2n) is 2.05. The molecule has 2 heterocycles. The zero-order valence-electron chi connectivity index (χ0n) is 5.61. The van der Waals surface area contributed by atoms with Crippen LogP contribution in [-0.2, 0) is 6.42 Å². The fourth-order valence-corrected chi connectivity index (χ4v) is 1.48. The molecule has 3 nitrogen and oxygen atoms in total. The van der Waals surface area contributed by atoms with Crippen molar-refractivity contribution in [1.29, 1.82) is 0 Å². The molecular formula is C6H7N3S. The highest BCUT2D eigenvalue weighted by atomic mass is 32.1. The van der Waals surface area contributed by atoms with Gasteiger partial charge in [-0.3, -0.25) is 0 Å². The molecular weight excluding hydrogens is 146 g/mol. The fourth-order valence-electron chi connectivity index (χ4n) is 0.854. The number of hydrogen-bond donors (Lipinski definition) is 0. The molecule has 0 fully saturated rings. The van der Waals surface area contributed by atoms with Crippen LogP contribution in [0.2, 0.25) is 0 Å². The zero-order chi connectivity index (χ0) is 6.97. The van der Waals surface area contributed by atoms with Crippen molar-refractivity contribution in [3.63, 3.8) is 0 Å². The maximum atomic E-state index is 4.31. The molecule has 4 heteroatoms. The third-order valence-electron chi connectivity index (χ3n) is 1.40. The van der Waals surface area contributed by atoms with Gasteiger partial charge in [0.1, 0.15) is 5.51 Å². The van der Waals surface area contributed by atoms with Crippen molar-refractivity contribution in [2.45, 2.75) is 13.3 Å². The van der Waals surface area contributed by atoms with Crippen LogP contribution in [0.3, 0.4) is 0 Å². The van der Waals surface area contributed by atoms with Crippen LogP contribution in [0.4, 0.5) is 0 Å². The van der Waals surface area contributed by atoms with Crippen molar-refractivity contribution in [3.05, 3.63) is 17.4 Å². The van der Waals surface area contributed by atoms with Gasteiger partial charge in [-0.15, -0.1) is 0 Å². The maximum Gasteiger partial charge on any atom is 0.212 e. The minimum Gasteiger partial charge on any atom is -0.223 e. The lowest BCUT2D eigenvalue weighted by molar-refractivity contribution is 0.963. The van der Waals surface area contributed by atoms with Gasteiger partial charge in [0, 0.05) is 0 Å². The number of rotatable bonds is 1. The first-order chi connectivity index (χ1) is 4.90. The summed E-state index contributed by atoms with van der Waals surface area (Å²) >= 11 is 1.56. The van der Waals surface area contributed by atoms with Crippen LogP contribution in [0.15, 0.2) is 11.7 Å². The Balaban J connectivity index is 2.67. The number of fused-ring (bicyclic) bond motifs is 1. The van der Waals surface area contributed by atoms with Crippen LogP contribution in [-0.4, -0.2) is 14.6 Å². The van der Waals surface area contributed by atoms with E-state index in [1.165, 1.54) is 0 Å². The molecule has 0 spiro atoms. The SMILES string of the molecule is CCc1cn2ncsc2n1. The molecule has 0 N–H and O–H groups in total. The third kappa shape index (κ3) is 0.724. The topological polar surface area (TPSA) is 30.2 Å². The molecule has 0 amide bonds. The van der Waals surface area contributed by atoms with Gasteiger partial charge in [0.25, 0.3) is 0 Å². The van der Waals surface area contributed by atoms with E-state index in [2.05, 4.69) is 17.0 Å². The van der Waals surface area contributed by atoms with Crippen LogP contribution in [0.5, 0.6) is 0 Å². The van der Waals surface area contributed by atoms with Crippen molar-refractivity contribution in [1.82, 2.24) is 14.6 Å². The van der Waals surface area contributed by atoms with E-state index in [0.29, 0.717) is 0 Å². The molecule has 0 bridgehead atoms. The average Bonchev–Trinajstić information content (AvgIpc) is 2.42. The first kappa shape index (κ1) is 5.85. The minimum atomic E-state index is 0.982. The summed E-state index contributed by atoms with van der Waals surface area (Å²) in [7, 11) is 0. The molecule has 0 radical (unpaired) electrons. The largest absolute Gasteiger partial charge is 0.223 e. The van der Waals surface area contributed by atoms with E-state index in [-0.39, 0.29) is 0 Å². The maximum absolute atomic E-state index is 4.31. The Kier molecular flexibility index (Phi) is 1.20. The van der Waals surface area contributed by atoms with Crippen LogP contribution in [0.1, 0.15) is 12.6 Å². The molecule has 0 aliphatic carbocycles. The molecule has 52 valence electrons. The van der Waals surface area contributed by atoms with Crippen molar-refractivity contribution in [2.24, 2.45) is 0 Å². The number of aromatic nitrogens is 3. The molecule has 0 aliphatic heterocycles. The number of hydrogen-bond acceptors (Lipinski definition) is 3. The standard InChI is InChI=1S/C6H7N3S/c1-2-5-3-9-6(8-5)10-4-7-9/h3-4H,2H2,1H3. The van der Waals surface area contributed by atoms with Gasteiger partial charge in [0.2, 0.25) is 4.96 Å². The number of aryl methyl sites for hydroxylation is 1. The molecule has 0 atom stereocenters. The van der Waals surface area contributed by atoms with E-state index in [0.717, 1.165) is 17.1 Å². The highest BCUT2D eigenvalue weighted by molar-refractivity contribution is 7.14. The first-order valence-corrected chi connectivity index (χ1v) is 4.06. The summed E-state index contributed by atoms with van der Waals surface area (Å²) < 4.78 is 1.81. The Labute approximate surface area is 62.3 Å². The van der Waals surface area contributed by atoms with Gasteiger partial charge in [0.05, 0.1) is 11.9 Å². The van der Waals surface area contributed by atoms with Crippen molar-refractivity contribution in [3.8, 4) is 0 Å². The highest BCUT2D eigenvalue weighted by Crippen LogP contribution is 2.08. The first-order valence-electron chi connectivity index (χ1n) is 3.18. The molecule has 2 rings (SSSR count). The Morgan fingerprint density at radius 1 is 1.70 bits per heavy atom. The average molecular weight is 153 g/mol. The van der Waals surface area contributed by atoms with Gasteiger partial charge in [-0.1, -0.05) is 18.3 Å². The Bertz CT molecular complexity index is 307. The van der Waals surface area contributed by atoms with Crippen LogP contribution >= 0.6 is 11.3 Å². The van der Waals surface area contributed by atoms with Crippen LogP contribution < -0.4 is 0 Å². The minimum absolute atomic E-state index is 0.982. The lowest BCUT2D eigenvalue weighted by Crippen LogP contribution is -1.77. The van der Waals surface area contributed by atoms with Crippen molar-refractivity contribution >= 4 is 16.3 Å². The van der Waals surface area contributed by atoms with Gasteiger partial charge in [-0.2, -0.15) is 5.10 Å². The number of imidazole rings is 1. The van der Waals surface area contributed by atoms with Gasteiger partial charge >= 0.3 is 0 Å². The highest BCUT2D eigenvalue weighted by Gasteiger charge is 1.99. The Morgan fingerprint density at radius 2 is 2.60 bits per heavy atom.